The zero-order chi connectivity index (χ0) is 19.2. The fourth-order valence-corrected chi connectivity index (χ4v) is 4.44. The lowest BCUT2D eigenvalue weighted by atomic mass is 10.2. The predicted octanol–water partition coefficient (Wildman–Crippen LogP) is 1.62. The minimum Gasteiger partial charge on any atom is -0.337 e. The van der Waals surface area contributed by atoms with Crippen molar-refractivity contribution in [3.05, 3.63) is 29.3 Å². The molecular formula is C16H23ClN4O4S. The number of hydrogen-bond donors (Lipinski definition) is 3. The number of halogens is 1. The number of unbranched alkanes of at least 4 members (excludes halogenated alkanes) is 1. The molecule has 0 radical (unpaired) electrons. The van der Waals surface area contributed by atoms with E-state index in [1.165, 1.54) is 24.3 Å². The van der Waals surface area contributed by atoms with Gasteiger partial charge in [0, 0.05) is 18.1 Å². The summed E-state index contributed by atoms with van der Waals surface area (Å²) in [5.74, 6) is -0.564. The Labute approximate surface area is 158 Å². The predicted molar refractivity (Wildman–Crippen MR) is 98.0 cm³/mol. The van der Waals surface area contributed by atoms with E-state index in [1.807, 2.05) is 6.92 Å². The number of benzene rings is 1. The van der Waals surface area contributed by atoms with Crippen LogP contribution < -0.4 is 16.2 Å². The van der Waals surface area contributed by atoms with E-state index < -0.39 is 28.0 Å². The van der Waals surface area contributed by atoms with Crippen molar-refractivity contribution in [1.29, 1.82) is 0 Å². The fraction of sp³-hybridized carbons (Fsp3) is 0.500. The van der Waals surface area contributed by atoms with Crippen molar-refractivity contribution < 1.29 is 18.0 Å². The van der Waals surface area contributed by atoms with Crippen molar-refractivity contribution in [2.45, 2.75) is 43.5 Å². The van der Waals surface area contributed by atoms with Gasteiger partial charge < -0.3 is 5.32 Å². The van der Waals surface area contributed by atoms with Crippen LogP contribution in [0.1, 0.15) is 32.6 Å². The highest BCUT2D eigenvalue weighted by Crippen LogP contribution is 2.26. The Hall–Kier alpha value is -1.84. The Morgan fingerprint density at radius 2 is 1.92 bits per heavy atom. The third-order valence-electron chi connectivity index (χ3n) is 4.04. The van der Waals surface area contributed by atoms with Crippen LogP contribution >= 0.6 is 11.6 Å². The number of rotatable bonds is 6. The monoisotopic (exact) mass is 402 g/mol. The zero-order valence-electron chi connectivity index (χ0n) is 14.5. The molecule has 0 spiro atoms. The van der Waals surface area contributed by atoms with Crippen LogP contribution in [-0.4, -0.2) is 43.8 Å². The first-order valence-corrected chi connectivity index (χ1v) is 10.3. The molecule has 0 unspecified atom stereocenters. The maximum atomic E-state index is 12.8. The Kier molecular flexibility index (Phi) is 7.24. The molecule has 3 amide bonds. The summed E-state index contributed by atoms with van der Waals surface area (Å²) < 4.78 is 26.7. The second-order valence-corrected chi connectivity index (χ2v) is 8.28. The lowest BCUT2D eigenvalue weighted by Crippen LogP contribution is -2.53. The van der Waals surface area contributed by atoms with Crippen LogP contribution in [0.4, 0.5) is 4.79 Å². The summed E-state index contributed by atoms with van der Waals surface area (Å²) in [7, 11) is -3.82. The second kappa shape index (κ2) is 9.20. The number of nitrogens with one attached hydrogen (secondary N) is 3. The van der Waals surface area contributed by atoms with Gasteiger partial charge in [-0.15, -0.1) is 0 Å². The molecule has 1 aromatic rings. The van der Waals surface area contributed by atoms with Crippen LogP contribution in [0.5, 0.6) is 0 Å². The van der Waals surface area contributed by atoms with Gasteiger partial charge in [0.1, 0.15) is 6.04 Å². The molecular weight excluding hydrogens is 380 g/mol. The van der Waals surface area contributed by atoms with E-state index in [1.54, 1.807) is 0 Å². The number of hydrogen-bond acceptors (Lipinski definition) is 4. The van der Waals surface area contributed by atoms with Gasteiger partial charge in [-0.25, -0.2) is 18.6 Å². The molecule has 8 nitrogen and oxygen atoms in total. The van der Waals surface area contributed by atoms with Crippen LogP contribution in [0.15, 0.2) is 29.2 Å². The summed E-state index contributed by atoms with van der Waals surface area (Å²) in [5, 5.41) is 3.02. The van der Waals surface area contributed by atoms with E-state index in [0.29, 0.717) is 24.4 Å². The van der Waals surface area contributed by atoms with E-state index in [0.717, 1.165) is 17.1 Å². The number of carbonyl (C=O) groups is 2. The minimum atomic E-state index is -3.82. The van der Waals surface area contributed by atoms with Gasteiger partial charge in [0.2, 0.25) is 10.0 Å². The first-order chi connectivity index (χ1) is 12.4. The second-order valence-electron chi connectivity index (χ2n) is 5.95. The largest absolute Gasteiger partial charge is 0.337 e. The third-order valence-corrected chi connectivity index (χ3v) is 6.22. The number of sulfonamides is 1. The Morgan fingerprint density at radius 3 is 2.58 bits per heavy atom. The molecule has 3 N–H and O–H groups in total. The SMILES string of the molecule is CCCCNC(=O)NNC(=O)[C@@H]1CCCN1S(=O)(=O)c1ccc(Cl)cc1. The molecule has 1 aliphatic rings. The molecule has 10 heteroatoms. The van der Waals surface area contributed by atoms with Crippen LogP contribution in [0.2, 0.25) is 5.02 Å². The number of nitrogens with zero attached hydrogens (tertiary/aromatic N) is 1. The average molecular weight is 403 g/mol. The molecule has 0 aromatic heterocycles. The number of hydrazine groups is 1. The van der Waals surface area contributed by atoms with E-state index in [4.69, 9.17) is 11.6 Å². The van der Waals surface area contributed by atoms with Gasteiger partial charge in [-0.2, -0.15) is 4.31 Å². The first kappa shape index (κ1) is 20.5. The average Bonchev–Trinajstić information content (AvgIpc) is 3.11. The van der Waals surface area contributed by atoms with Gasteiger partial charge in [-0.05, 0) is 43.5 Å². The fourth-order valence-electron chi connectivity index (χ4n) is 2.66. The van der Waals surface area contributed by atoms with Crippen LogP contribution in [0.25, 0.3) is 0 Å². The summed E-state index contributed by atoms with van der Waals surface area (Å²) >= 11 is 5.80. The van der Waals surface area contributed by atoms with Crippen molar-refractivity contribution in [3.63, 3.8) is 0 Å². The first-order valence-electron chi connectivity index (χ1n) is 8.47. The molecule has 1 atom stereocenters. The zero-order valence-corrected chi connectivity index (χ0v) is 16.1. The normalized spacial score (nSPS) is 17.7. The Morgan fingerprint density at radius 1 is 1.23 bits per heavy atom. The maximum Gasteiger partial charge on any atom is 0.333 e. The molecule has 1 fully saturated rings. The van der Waals surface area contributed by atoms with E-state index in [2.05, 4.69) is 16.2 Å². The van der Waals surface area contributed by atoms with Gasteiger partial charge >= 0.3 is 6.03 Å². The number of amides is 3. The molecule has 0 aliphatic carbocycles. The van der Waals surface area contributed by atoms with Crippen molar-refractivity contribution >= 4 is 33.6 Å². The third kappa shape index (κ3) is 5.09. The molecule has 1 saturated heterocycles. The quantitative estimate of drug-likeness (QED) is 0.496. The van der Waals surface area contributed by atoms with Crippen molar-refractivity contribution in [3.8, 4) is 0 Å². The summed E-state index contributed by atoms with van der Waals surface area (Å²) in [6.07, 6.45) is 2.72. The molecule has 26 heavy (non-hydrogen) atoms. The number of carbonyl (C=O) groups excluding carboxylic acids is 2. The Bertz CT molecular complexity index is 739. The molecule has 1 aliphatic heterocycles. The molecule has 0 saturated carbocycles. The molecule has 144 valence electrons. The lowest BCUT2D eigenvalue weighted by molar-refractivity contribution is -0.124. The smallest absolute Gasteiger partial charge is 0.333 e. The highest BCUT2D eigenvalue weighted by atomic mass is 35.5. The summed E-state index contributed by atoms with van der Waals surface area (Å²) in [6, 6.07) is 4.39. The van der Waals surface area contributed by atoms with E-state index in [9.17, 15) is 18.0 Å². The summed E-state index contributed by atoms with van der Waals surface area (Å²) in [6.45, 7) is 2.74. The molecule has 0 bridgehead atoms. The maximum absolute atomic E-state index is 12.8. The van der Waals surface area contributed by atoms with E-state index >= 15 is 0 Å². The summed E-state index contributed by atoms with van der Waals surface area (Å²) in [4.78, 5) is 24.0. The Balaban J connectivity index is 1.99. The molecule has 2 rings (SSSR count). The minimum absolute atomic E-state index is 0.0758. The standard InChI is InChI=1S/C16H23ClN4O4S/c1-2-3-10-18-16(23)20-19-15(22)14-5-4-11-21(14)26(24,25)13-8-6-12(17)7-9-13/h6-9,14H,2-5,10-11H2,1H3,(H,19,22)(H2,18,20,23)/t14-/m0/s1. The van der Waals surface area contributed by atoms with Crippen molar-refractivity contribution in [1.82, 2.24) is 20.5 Å². The molecule has 1 heterocycles. The highest BCUT2D eigenvalue weighted by Gasteiger charge is 2.39. The van der Waals surface area contributed by atoms with E-state index in [-0.39, 0.29) is 11.4 Å². The summed E-state index contributed by atoms with van der Waals surface area (Å²) in [5.41, 5.74) is 4.53. The van der Waals surface area contributed by atoms with Gasteiger partial charge in [0.25, 0.3) is 5.91 Å². The van der Waals surface area contributed by atoms with Gasteiger partial charge in [-0.3, -0.25) is 10.2 Å². The van der Waals surface area contributed by atoms with Crippen molar-refractivity contribution in [2.75, 3.05) is 13.1 Å². The lowest BCUT2D eigenvalue weighted by Gasteiger charge is -2.23. The van der Waals surface area contributed by atoms with Crippen LogP contribution in [-0.2, 0) is 14.8 Å². The van der Waals surface area contributed by atoms with Crippen molar-refractivity contribution in [2.24, 2.45) is 0 Å². The molecule has 1 aromatic carbocycles. The van der Waals surface area contributed by atoms with Crippen LogP contribution in [0, 0.1) is 0 Å². The highest BCUT2D eigenvalue weighted by molar-refractivity contribution is 7.89. The van der Waals surface area contributed by atoms with Gasteiger partial charge in [-0.1, -0.05) is 24.9 Å². The number of urea groups is 1. The van der Waals surface area contributed by atoms with Crippen LogP contribution in [0.3, 0.4) is 0 Å². The topological polar surface area (TPSA) is 108 Å². The van der Waals surface area contributed by atoms with Gasteiger partial charge in [0.05, 0.1) is 4.90 Å². The van der Waals surface area contributed by atoms with Gasteiger partial charge in [0.15, 0.2) is 0 Å².